The third kappa shape index (κ3) is 5.51. The summed E-state index contributed by atoms with van der Waals surface area (Å²) in [4.78, 5) is 39.6. The summed E-state index contributed by atoms with van der Waals surface area (Å²) in [5, 5.41) is 4.15. The number of fused-ring (bicyclic) bond motifs is 1. The van der Waals surface area contributed by atoms with E-state index in [1.54, 1.807) is 0 Å². The Kier molecular flexibility index (Phi) is 6.64. The van der Waals surface area contributed by atoms with Crippen molar-refractivity contribution in [2.24, 2.45) is 0 Å². The zero-order valence-corrected chi connectivity index (χ0v) is 19.1. The van der Waals surface area contributed by atoms with Gasteiger partial charge in [0.15, 0.2) is 11.2 Å². The molecule has 2 N–H and O–H groups in total. The summed E-state index contributed by atoms with van der Waals surface area (Å²) < 4.78 is 58.9. The Morgan fingerprint density at radius 1 is 1.23 bits per heavy atom. The molecule has 0 saturated carbocycles. The third-order valence-electron chi connectivity index (χ3n) is 5.03. The van der Waals surface area contributed by atoms with Crippen molar-refractivity contribution in [3.63, 3.8) is 0 Å². The minimum atomic E-state index is -4.86. The number of halogens is 3. The number of hydrogen-bond acceptors (Lipinski definition) is 6. The van der Waals surface area contributed by atoms with Crippen LogP contribution in [0.5, 0.6) is 0 Å². The maximum absolute atomic E-state index is 13.0. The van der Waals surface area contributed by atoms with Crippen LogP contribution >= 0.6 is 7.82 Å². The fourth-order valence-electron chi connectivity index (χ4n) is 3.51. The predicted octanol–water partition coefficient (Wildman–Crippen LogP) is 3.00. The van der Waals surface area contributed by atoms with Crippen LogP contribution in [0.1, 0.15) is 24.5 Å². The van der Waals surface area contributed by atoms with Gasteiger partial charge < -0.3 is 9.79 Å². The second-order valence-electron chi connectivity index (χ2n) is 7.65. The Balaban J connectivity index is 1.73. The first-order valence-corrected chi connectivity index (χ1v) is 11.8. The molecule has 11 nitrogen and oxygen atoms in total. The molecule has 0 spiro atoms. The van der Waals surface area contributed by atoms with Crippen LogP contribution in [0.3, 0.4) is 0 Å². The summed E-state index contributed by atoms with van der Waals surface area (Å²) in [7, 11) is -4.86. The van der Waals surface area contributed by atoms with Crippen molar-refractivity contribution in [2.75, 3.05) is 0 Å². The summed E-state index contributed by atoms with van der Waals surface area (Å²) in [5.74, 6) is 0.0996. The minimum Gasteiger partial charge on any atom is -0.303 e. The van der Waals surface area contributed by atoms with E-state index in [0.29, 0.717) is 24.1 Å². The first-order chi connectivity index (χ1) is 16.5. The Labute approximate surface area is 195 Å². The number of benzene rings is 1. The van der Waals surface area contributed by atoms with Gasteiger partial charge >= 0.3 is 14.0 Å². The molecule has 186 valence electrons. The SMILES string of the molecule is CCCn1cnc2c(nc(-c3cnn(Cc4cccc(C(F)(F)F)c4)c3)n2COP(=O)(O)O)c1=O. The van der Waals surface area contributed by atoms with E-state index < -0.39 is 31.9 Å². The molecule has 0 fully saturated rings. The molecule has 15 heteroatoms. The Hall–Kier alpha value is -3.32. The fourth-order valence-corrected chi connectivity index (χ4v) is 3.77. The molecule has 0 radical (unpaired) electrons. The maximum atomic E-state index is 13.0. The Morgan fingerprint density at radius 2 is 2.00 bits per heavy atom. The minimum absolute atomic E-state index is 0.0185. The van der Waals surface area contributed by atoms with Crippen LogP contribution in [0.2, 0.25) is 0 Å². The summed E-state index contributed by atoms with van der Waals surface area (Å²) in [6.45, 7) is 1.65. The molecule has 0 aliphatic carbocycles. The van der Waals surface area contributed by atoms with Gasteiger partial charge in [0.1, 0.15) is 18.9 Å². The average molecular weight is 512 g/mol. The molecule has 4 aromatic rings. The summed E-state index contributed by atoms with van der Waals surface area (Å²) in [6, 6.07) is 4.82. The number of rotatable bonds is 8. The average Bonchev–Trinajstić information content (AvgIpc) is 3.38. The second kappa shape index (κ2) is 9.38. The van der Waals surface area contributed by atoms with E-state index >= 15 is 0 Å². The van der Waals surface area contributed by atoms with Gasteiger partial charge in [-0.15, -0.1) is 0 Å². The Bertz CT molecular complexity index is 1470. The van der Waals surface area contributed by atoms with Crippen LogP contribution in [-0.2, 0) is 35.1 Å². The van der Waals surface area contributed by atoms with Crippen molar-refractivity contribution in [2.45, 2.75) is 39.3 Å². The van der Waals surface area contributed by atoms with Gasteiger partial charge in [-0.25, -0.2) is 14.5 Å². The number of aryl methyl sites for hydroxylation is 1. The van der Waals surface area contributed by atoms with Crippen LogP contribution in [0.15, 0.2) is 47.8 Å². The number of aromatic nitrogens is 6. The molecule has 3 heterocycles. The largest absolute Gasteiger partial charge is 0.471 e. The van der Waals surface area contributed by atoms with E-state index in [4.69, 9.17) is 9.79 Å². The fraction of sp³-hybridized carbons (Fsp3) is 0.300. The molecule has 0 bridgehead atoms. The zero-order chi connectivity index (χ0) is 25.4. The van der Waals surface area contributed by atoms with Gasteiger partial charge in [-0.3, -0.25) is 23.1 Å². The van der Waals surface area contributed by atoms with Crippen LogP contribution in [-0.4, -0.2) is 38.7 Å². The molecule has 35 heavy (non-hydrogen) atoms. The van der Waals surface area contributed by atoms with Crippen molar-refractivity contribution >= 4 is 19.0 Å². The van der Waals surface area contributed by atoms with E-state index in [0.717, 1.165) is 12.1 Å². The van der Waals surface area contributed by atoms with Gasteiger partial charge in [0.05, 0.1) is 23.9 Å². The molecule has 1 aromatic carbocycles. The van der Waals surface area contributed by atoms with E-state index in [1.165, 1.54) is 44.7 Å². The first kappa shape index (κ1) is 24.8. The van der Waals surface area contributed by atoms with Gasteiger partial charge in [0.2, 0.25) is 0 Å². The molecule has 0 aliphatic rings. The zero-order valence-electron chi connectivity index (χ0n) is 18.3. The highest BCUT2D eigenvalue weighted by Gasteiger charge is 2.30. The molecular formula is C20H20F3N6O5P. The molecule has 0 unspecified atom stereocenters. The van der Waals surface area contributed by atoms with Crippen LogP contribution in [0.25, 0.3) is 22.6 Å². The molecule has 0 saturated heterocycles. The predicted molar refractivity (Wildman–Crippen MR) is 117 cm³/mol. The lowest BCUT2D eigenvalue weighted by molar-refractivity contribution is -0.137. The highest BCUT2D eigenvalue weighted by atomic mass is 31.2. The van der Waals surface area contributed by atoms with Gasteiger partial charge in [-0.2, -0.15) is 18.3 Å². The van der Waals surface area contributed by atoms with Gasteiger partial charge in [0, 0.05) is 12.7 Å². The van der Waals surface area contributed by atoms with Crippen LogP contribution in [0, 0.1) is 0 Å². The number of hydrogen-bond donors (Lipinski definition) is 2. The van der Waals surface area contributed by atoms with Gasteiger partial charge in [0.25, 0.3) is 5.56 Å². The first-order valence-electron chi connectivity index (χ1n) is 10.3. The van der Waals surface area contributed by atoms with E-state index in [1.807, 2.05) is 6.92 Å². The van der Waals surface area contributed by atoms with Crippen molar-refractivity contribution in [3.05, 3.63) is 64.5 Å². The lowest BCUT2D eigenvalue weighted by Crippen LogP contribution is -2.20. The summed E-state index contributed by atoms with van der Waals surface area (Å²) in [6.07, 6.45) is 0.356. The van der Waals surface area contributed by atoms with Gasteiger partial charge in [-0.1, -0.05) is 19.1 Å². The summed E-state index contributed by atoms with van der Waals surface area (Å²) in [5.41, 5.74) is -0.507. The third-order valence-corrected chi connectivity index (χ3v) is 5.49. The Morgan fingerprint density at radius 3 is 2.69 bits per heavy atom. The summed E-state index contributed by atoms with van der Waals surface area (Å²) >= 11 is 0. The monoisotopic (exact) mass is 512 g/mol. The number of imidazole rings is 1. The molecule has 0 aliphatic heterocycles. The topological polar surface area (TPSA) is 137 Å². The highest BCUT2D eigenvalue weighted by Crippen LogP contribution is 2.37. The van der Waals surface area contributed by atoms with Crippen LogP contribution < -0.4 is 5.56 Å². The van der Waals surface area contributed by atoms with Crippen molar-refractivity contribution < 1.29 is 32.0 Å². The molecule has 4 rings (SSSR count). The van der Waals surface area contributed by atoms with E-state index in [-0.39, 0.29) is 23.5 Å². The number of alkyl halides is 3. The maximum Gasteiger partial charge on any atom is 0.471 e. The van der Waals surface area contributed by atoms with Gasteiger partial charge in [-0.05, 0) is 24.1 Å². The quantitative estimate of drug-likeness (QED) is 0.344. The van der Waals surface area contributed by atoms with E-state index in [9.17, 15) is 22.5 Å². The number of phosphoric acid groups is 1. The smallest absolute Gasteiger partial charge is 0.303 e. The lowest BCUT2D eigenvalue weighted by Gasteiger charge is -2.10. The molecule has 0 amide bonds. The normalized spacial score (nSPS) is 12.5. The van der Waals surface area contributed by atoms with Crippen LogP contribution in [0.4, 0.5) is 13.2 Å². The standard InChI is InChI=1S/C20H20F3N6O5P/c1-2-6-27-11-24-18-16(19(27)30)26-17(29(18)12-34-35(31,32)33)14-8-25-28(10-14)9-13-4-3-5-15(7-13)20(21,22)23/h3-5,7-8,10-11H,2,6,9,12H2,1H3,(H2,31,32,33). The van der Waals surface area contributed by atoms with Crippen molar-refractivity contribution in [1.82, 2.24) is 28.9 Å². The number of phosphoric ester groups is 1. The van der Waals surface area contributed by atoms with Crippen molar-refractivity contribution in [3.8, 4) is 11.4 Å². The molecule has 0 atom stereocenters. The number of nitrogens with zero attached hydrogens (tertiary/aromatic N) is 6. The second-order valence-corrected chi connectivity index (χ2v) is 8.89. The van der Waals surface area contributed by atoms with E-state index in [2.05, 4.69) is 19.6 Å². The highest BCUT2D eigenvalue weighted by molar-refractivity contribution is 7.46. The molecular weight excluding hydrogens is 492 g/mol. The lowest BCUT2D eigenvalue weighted by atomic mass is 10.1. The van der Waals surface area contributed by atoms with Crippen molar-refractivity contribution in [1.29, 1.82) is 0 Å². The molecule has 3 aromatic heterocycles.